The molecular weight excluding hydrogens is 352 g/mol. The van der Waals surface area contributed by atoms with Crippen LogP contribution >= 0.6 is 11.3 Å². The monoisotopic (exact) mass is 372 g/mol. The molecule has 1 aromatic carbocycles. The van der Waals surface area contributed by atoms with Crippen LogP contribution in [0.15, 0.2) is 35.3 Å². The Hall–Kier alpha value is -2.74. The van der Waals surface area contributed by atoms with Gasteiger partial charge in [0.05, 0.1) is 23.0 Å². The number of amides is 1. The maximum absolute atomic E-state index is 12.8. The normalized spacial score (nSPS) is 12.1. The molecule has 1 amide bonds. The van der Waals surface area contributed by atoms with Crippen LogP contribution in [-0.4, -0.2) is 33.3 Å². The minimum absolute atomic E-state index is 0.00486. The molecule has 0 atom stereocenters. The van der Waals surface area contributed by atoms with Crippen LogP contribution in [0.5, 0.6) is 0 Å². The molecule has 0 aliphatic carbocycles. The molecule has 0 N–H and O–H groups in total. The lowest BCUT2D eigenvalue weighted by atomic mass is 10.3. The van der Waals surface area contributed by atoms with Crippen molar-refractivity contribution in [2.24, 2.45) is 4.99 Å². The second-order valence-corrected chi connectivity index (χ2v) is 7.15. The molecule has 26 heavy (non-hydrogen) atoms. The predicted octanol–water partition coefficient (Wildman–Crippen LogP) is 2.70. The largest absolute Gasteiger partial charge is 0.468 e. The first-order valence-corrected chi connectivity index (χ1v) is 9.02. The highest BCUT2D eigenvalue weighted by Gasteiger charge is 2.17. The summed E-state index contributed by atoms with van der Waals surface area (Å²) in [5.41, 5.74) is 2.03. The van der Waals surface area contributed by atoms with Gasteiger partial charge in [0, 0.05) is 6.04 Å². The Morgan fingerprint density at radius 3 is 2.73 bits per heavy atom. The molecule has 0 spiro atoms. The Labute approximate surface area is 154 Å². The maximum Gasteiger partial charge on any atom is 0.325 e. The number of benzene rings is 1. The van der Waals surface area contributed by atoms with E-state index in [1.54, 1.807) is 15.3 Å². The first-order valence-electron chi connectivity index (χ1n) is 8.21. The fourth-order valence-electron chi connectivity index (χ4n) is 2.67. The summed E-state index contributed by atoms with van der Waals surface area (Å²) < 4.78 is 9.08. The highest BCUT2D eigenvalue weighted by atomic mass is 32.1. The number of hydrogen-bond acceptors (Lipinski definition) is 5. The molecule has 8 heteroatoms. The van der Waals surface area contributed by atoms with Gasteiger partial charge in [0.25, 0.3) is 5.91 Å². The van der Waals surface area contributed by atoms with Crippen LogP contribution in [-0.2, 0) is 16.1 Å². The third kappa shape index (κ3) is 3.45. The zero-order chi connectivity index (χ0) is 18.8. The van der Waals surface area contributed by atoms with E-state index in [4.69, 9.17) is 4.74 Å². The van der Waals surface area contributed by atoms with Crippen LogP contribution in [0.3, 0.4) is 0 Å². The Bertz CT molecular complexity index is 1040. The number of carbonyl (C=O) groups excluding carboxylic acids is 2. The SMILES string of the molecule is COC(=O)Cn1c(=NC(=O)c2cc(C)nn2C(C)C)sc2ccccc21. The van der Waals surface area contributed by atoms with Gasteiger partial charge in [-0.3, -0.25) is 14.3 Å². The molecule has 2 aromatic heterocycles. The molecule has 136 valence electrons. The molecule has 0 aliphatic rings. The number of aryl methyl sites for hydroxylation is 1. The summed E-state index contributed by atoms with van der Waals surface area (Å²) in [6.45, 7) is 5.75. The van der Waals surface area contributed by atoms with Crippen LogP contribution < -0.4 is 4.80 Å². The van der Waals surface area contributed by atoms with Crippen molar-refractivity contribution in [2.75, 3.05) is 7.11 Å². The summed E-state index contributed by atoms with van der Waals surface area (Å²) in [7, 11) is 1.34. The van der Waals surface area contributed by atoms with Gasteiger partial charge in [0.15, 0.2) is 4.80 Å². The van der Waals surface area contributed by atoms with Crippen molar-refractivity contribution in [3.63, 3.8) is 0 Å². The third-order valence-corrected chi connectivity index (χ3v) is 4.93. The van der Waals surface area contributed by atoms with Crippen LogP contribution in [0, 0.1) is 6.92 Å². The van der Waals surface area contributed by atoms with Crippen LogP contribution in [0.2, 0.25) is 0 Å². The topological polar surface area (TPSA) is 78.5 Å². The number of esters is 1. The van der Waals surface area contributed by atoms with Gasteiger partial charge in [-0.2, -0.15) is 10.1 Å². The second kappa shape index (κ2) is 7.25. The van der Waals surface area contributed by atoms with Gasteiger partial charge >= 0.3 is 5.97 Å². The summed E-state index contributed by atoms with van der Waals surface area (Å²) in [6.07, 6.45) is 0. The van der Waals surface area contributed by atoms with E-state index >= 15 is 0 Å². The lowest BCUT2D eigenvalue weighted by Crippen LogP contribution is -2.23. The number of para-hydroxylation sites is 1. The highest BCUT2D eigenvalue weighted by Crippen LogP contribution is 2.17. The van der Waals surface area contributed by atoms with E-state index < -0.39 is 5.97 Å². The van der Waals surface area contributed by atoms with E-state index in [1.165, 1.54) is 18.4 Å². The molecule has 7 nitrogen and oxygen atoms in total. The van der Waals surface area contributed by atoms with Crippen LogP contribution in [0.4, 0.5) is 0 Å². The quantitative estimate of drug-likeness (QED) is 0.660. The Morgan fingerprint density at radius 1 is 1.31 bits per heavy atom. The molecule has 3 aromatic rings. The van der Waals surface area contributed by atoms with Crippen molar-refractivity contribution in [2.45, 2.75) is 33.4 Å². The summed E-state index contributed by atoms with van der Waals surface area (Å²) >= 11 is 1.36. The molecule has 0 radical (unpaired) electrons. The fraction of sp³-hybridized carbons (Fsp3) is 0.333. The first-order chi connectivity index (χ1) is 12.4. The number of thiazole rings is 1. The zero-order valence-electron chi connectivity index (χ0n) is 15.1. The van der Waals surface area contributed by atoms with Crippen LogP contribution in [0.25, 0.3) is 10.2 Å². The van der Waals surface area contributed by atoms with Gasteiger partial charge in [-0.05, 0) is 39.0 Å². The molecule has 0 aliphatic heterocycles. The molecule has 3 rings (SSSR count). The molecule has 0 bridgehead atoms. The van der Waals surface area contributed by atoms with E-state index in [0.29, 0.717) is 10.5 Å². The van der Waals surface area contributed by atoms with Gasteiger partial charge in [-0.15, -0.1) is 0 Å². The smallest absolute Gasteiger partial charge is 0.325 e. The standard InChI is InChI=1S/C18H20N4O3S/c1-11(2)22-14(9-12(3)20-22)17(24)19-18-21(10-16(23)25-4)13-7-5-6-8-15(13)26-18/h5-9,11H,10H2,1-4H3. The molecule has 0 fully saturated rings. The number of aromatic nitrogens is 3. The van der Waals surface area contributed by atoms with E-state index in [-0.39, 0.29) is 18.5 Å². The van der Waals surface area contributed by atoms with Gasteiger partial charge in [0.1, 0.15) is 12.2 Å². The van der Waals surface area contributed by atoms with Crippen molar-refractivity contribution in [3.8, 4) is 0 Å². The van der Waals surface area contributed by atoms with Crippen LogP contribution in [0.1, 0.15) is 36.1 Å². The maximum atomic E-state index is 12.8. The summed E-state index contributed by atoms with van der Waals surface area (Å²) in [5.74, 6) is -0.782. The van der Waals surface area contributed by atoms with Crippen molar-refractivity contribution in [1.29, 1.82) is 0 Å². The number of carbonyl (C=O) groups is 2. The summed E-state index contributed by atoms with van der Waals surface area (Å²) in [6, 6.07) is 9.38. The van der Waals surface area contributed by atoms with E-state index in [9.17, 15) is 9.59 Å². The number of methoxy groups -OCH3 is 1. The summed E-state index contributed by atoms with van der Waals surface area (Å²) in [5, 5.41) is 4.36. The number of nitrogens with zero attached hydrogens (tertiary/aromatic N) is 4. The van der Waals surface area contributed by atoms with Gasteiger partial charge in [-0.1, -0.05) is 23.5 Å². The average molecular weight is 372 g/mol. The molecule has 0 unspecified atom stereocenters. The summed E-state index contributed by atoms with van der Waals surface area (Å²) in [4.78, 5) is 29.3. The molecular formula is C18H20N4O3S. The number of rotatable bonds is 4. The minimum atomic E-state index is -0.398. The van der Waals surface area contributed by atoms with Crippen molar-refractivity contribution >= 4 is 33.4 Å². The molecule has 2 heterocycles. The van der Waals surface area contributed by atoms with E-state index in [0.717, 1.165) is 15.9 Å². The van der Waals surface area contributed by atoms with Gasteiger partial charge in [-0.25, -0.2) is 0 Å². The highest BCUT2D eigenvalue weighted by molar-refractivity contribution is 7.16. The zero-order valence-corrected chi connectivity index (χ0v) is 15.9. The van der Waals surface area contributed by atoms with E-state index in [1.807, 2.05) is 45.0 Å². The average Bonchev–Trinajstić information content (AvgIpc) is 3.16. The fourth-order valence-corrected chi connectivity index (χ4v) is 3.69. The lowest BCUT2D eigenvalue weighted by molar-refractivity contribution is -0.141. The lowest BCUT2D eigenvalue weighted by Gasteiger charge is -2.08. The number of hydrogen-bond donors (Lipinski definition) is 0. The minimum Gasteiger partial charge on any atom is -0.468 e. The molecule has 0 saturated carbocycles. The number of ether oxygens (including phenoxy) is 1. The van der Waals surface area contributed by atoms with Gasteiger partial charge < -0.3 is 9.30 Å². The first kappa shape index (κ1) is 18.1. The third-order valence-electron chi connectivity index (χ3n) is 3.87. The van der Waals surface area contributed by atoms with E-state index in [2.05, 4.69) is 10.1 Å². The van der Waals surface area contributed by atoms with Crippen molar-refractivity contribution in [3.05, 3.63) is 46.5 Å². The van der Waals surface area contributed by atoms with Crippen molar-refractivity contribution < 1.29 is 14.3 Å². The van der Waals surface area contributed by atoms with Gasteiger partial charge in [0.2, 0.25) is 0 Å². The Morgan fingerprint density at radius 2 is 2.04 bits per heavy atom. The Kier molecular flexibility index (Phi) is 5.03. The predicted molar refractivity (Wildman–Crippen MR) is 99.1 cm³/mol. The number of fused-ring (bicyclic) bond motifs is 1. The second-order valence-electron chi connectivity index (χ2n) is 6.14. The molecule has 0 saturated heterocycles. The van der Waals surface area contributed by atoms with Crippen molar-refractivity contribution in [1.82, 2.24) is 14.3 Å². The Balaban J connectivity index is 2.13.